The second kappa shape index (κ2) is 6.04. The van der Waals surface area contributed by atoms with Crippen LogP contribution in [0.2, 0.25) is 0 Å². The van der Waals surface area contributed by atoms with Crippen LogP contribution in [0, 0.1) is 5.82 Å². The number of anilines is 1. The molecule has 0 spiro atoms. The normalized spacial score (nSPS) is 11.1. The van der Waals surface area contributed by atoms with Gasteiger partial charge >= 0.3 is 0 Å². The van der Waals surface area contributed by atoms with Gasteiger partial charge in [0.05, 0.1) is 25.4 Å². The zero-order valence-electron chi connectivity index (χ0n) is 12.7. The molecule has 0 unspecified atom stereocenters. The van der Waals surface area contributed by atoms with E-state index in [-0.39, 0.29) is 11.4 Å². The molecule has 0 saturated carbocycles. The van der Waals surface area contributed by atoms with Crippen LogP contribution in [0.4, 0.5) is 10.1 Å². The fourth-order valence-corrected chi connectivity index (χ4v) is 2.19. The van der Waals surface area contributed by atoms with Gasteiger partial charge in [-0.25, -0.2) is 4.39 Å². The highest BCUT2D eigenvalue weighted by molar-refractivity contribution is 5.58. The van der Waals surface area contributed by atoms with Crippen molar-refractivity contribution >= 4 is 5.69 Å². The summed E-state index contributed by atoms with van der Waals surface area (Å²) in [7, 11) is 3.20. The number of benzene rings is 2. The monoisotopic (exact) mass is 289 g/mol. The van der Waals surface area contributed by atoms with Crippen molar-refractivity contribution in [1.29, 1.82) is 0 Å². The zero-order valence-corrected chi connectivity index (χ0v) is 12.7. The molecule has 0 aromatic heterocycles. The average Bonchev–Trinajstić information content (AvgIpc) is 2.47. The Kier molecular flexibility index (Phi) is 4.36. The van der Waals surface area contributed by atoms with Crippen molar-refractivity contribution in [3.63, 3.8) is 0 Å². The van der Waals surface area contributed by atoms with E-state index >= 15 is 0 Å². The number of nitrogens with one attached hydrogen (secondary N) is 1. The second-order valence-corrected chi connectivity index (χ2v) is 5.32. The summed E-state index contributed by atoms with van der Waals surface area (Å²) in [6, 6.07) is 12.2. The zero-order chi connectivity index (χ0) is 15.5. The molecule has 0 saturated heterocycles. The Morgan fingerprint density at radius 1 is 0.952 bits per heavy atom. The van der Waals surface area contributed by atoms with E-state index in [1.165, 1.54) is 12.1 Å². The Morgan fingerprint density at radius 2 is 1.62 bits per heavy atom. The molecular formula is C17H20FNO2. The summed E-state index contributed by atoms with van der Waals surface area (Å²) >= 11 is 0. The quantitative estimate of drug-likeness (QED) is 0.895. The lowest BCUT2D eigenvalue weighted by atomic mass is 9.93. The maximum Gasteiger partial charge on any atom is 0.142 e. The van der Waals surface area contributed by atoms with Gasteiger partial charge < -0.3 is 14.8 Å². The van der Waals surface area contributed by atoms with Crippen LogP contribution in [0.15, 0.2) is 42.5 Å². The van der Waals surface area contributed by atoms with Crippen LogP contribution < -0.4 is 14.8 Å². The lowest BCUT2D eigenvalue weighted by molar-refractivity contribution is 0.412. The summed E-state index contributed by atoms with van der Waals surface area (Å²) in [5.41, 5.74) is 1.31. The Labute approximate surface area is 124 Å². The summed E-state index contributed by atoms with van der Waals surface area (Å²) < 4.78 is 23.9. The third kappa shape index (κ3) is 3.45. The highest BCUT2D eigenvalue weighted by Gasteiger charge is 2.22. The maximum absolute atomic E-state index is 13.4. The number of methoxy groups -OCH3 is 2. The van der Waals surface area contributed by atoms with E-state index in [4.69, 9.17) is 9.47 Å². The van der Waals surface area contributed by atoms with Crippen LogP contribution in [0.25, 0.3) is 0 Å². The lowest BCUT2D eigenvalue weighted by Crippen LogP contribution is -2.28. The molecule has 0 amide bonds. The van der Waals surface area contributed by atoms with E-state index in [2.05, 4.69) is 5.32 Å². The number of hydrogen-bond acceptors (Lipinski definition) is 3. The van der Waals surface area contributed by atoms with Crippen molar-refractivity contribution in [1.82, 2.24) is 0 Å². The summed E-state index contributed by atoms with van der Waals surface area (Å²) in [5, 5.41) is 3.33. The Bertz CT molecular complexity index is 609. The number of rotatable bonds is 5. The molecule has 2 rings (SSSR count). The average molecular weight is 289 g/mol. The Hall–Kier alpha value is -2.23. The molecule has 0 radical (unpaired) electrons. The Balaban J connectivity index is 2.29. The molecule has 0 aliphatic carbocycles. The fourth-order valence-electron chi connectivity index (χ4n) is 2.19. The van der Waals surface area contributed by atoms with E-state index in [0.717, 1.165) is 11.3 Å². The van der Waals surface area contributed by atoms with Crippen molar-refractivity contribution < 1.29 is 13.9 Å². The van der Waals surface area contributed by atoms with Gasteiger partial charge in [-0.15, -0.1) is 0 Å². The van der Waals surface area contributed by atoms with E-state index < -0.39 is 0 Å². The SMILES string of the molecule is COc1ccc(C(C)(C)Nc2cc(F)ccc2OC)cc1. The molecule has 21 heavy (non-hydrogen) atoms. The van der Waals surface area contributed by atoms with Gasteiger partial charge in [-0.05, 0) is 43.7 Å². The largest absolute Gasteiger partial charge is 0.497 e. The van der Waals surface area contributed by atoms with Crippen LogP contribution in [-0.2, 0) is 5.54 Å². The topological polar surface area (TPSA) is 30.5 Å². The molecule has 4 heteroatoms. The maximum atomic E-state index is 13.4. The number of hydrogen-bond donors (Lipinski definition) is 1. The third-order valence-corrected chi connectivity index (χ3v) is 3.42. The molecule has 2 aromatic carbocycles. The van der Waals surface area contributed by atoms with E-state index in [1.54, 1.807) is 20.3 Å². The predicted octanol–water partition coefficient (Wildman–Crippen LogP) is 4.19. The Morgan fingerprint density at radius 3 is 2.19 bits per heavy atom. The summed E-state index contributed by atoms with van der Waals surface area (Å²) in [6.07, 6.45) is 0. The highest BCUT2D eigenvalue weighted by Crippen LogP contribution is 2.32. The van der Waals surface area contributed by atoms with E-state index in [9.17, 15) is 4.39 Å². The van der Waals surface area contributed by atoms with Crippen molar-refractivity contribution in [3.8, 4) is 11.5 Å². The van der Waals surface area contributed by atoms with Crippen molar-refractivity contribution in [3.05, 3.63) is 53.8 Å². The van der Waals surface area contributed by atoms with Gasteiger partial charge in [-0.3, -0.25) is 0 Å². The predicted molar refractivity (Wildman–Crippen MR) is 82.6 cm³/mol. The molecule has 0 heterocycles. The molecule has 2 aromatic rings. The van der Waals surface area contributed by atoms with Gasteiger partial charge in [0.2, 0.25) is 0 Å². The molecule has 3 nitrogen and oxygen atoms in total. The minimum Gasteiger partial charge on any atom is -0.497 e. The number of halogens is 1. The first kappa shape index (κ1) is 15.2. The lowest BCUT2D eigenvalue weighted by Gasteiger charge is -2.29. The first-order chi connectivity index (χ1) is 9.96. The van der Waals surface area contributed by atoms with E-state index in [1.807, 2.05) is 38.1 Å². The summed E-state index contributed by atoms with van der Waals surface area (Å²) in [5.74, 6) is 1.11. The highest BCUT2D eigenvalue weighted by atomic mass is 19.1. The van der Waals surface area contributed by atoms with Gasteiger partial charge in [0.1, 0.15) is 17.3 Å². The summed E-state index contributed by atoms with van der Waals surface area (Å²) in [4.78, 5) is 0. The fraction of sp³-hybridized carbons (Fsp3) is 0.294. The van der Waals surface area contributed by atoms with Gasteiger partial charge in [-0.1, -0.05) is 12.1 Å². The van der Waals surface area contributed by atoms with Gasteiger partial charge in [0.25, 0.3) is 0 Å². The van der Waals surface area contributed by atoms with Crippen LogP contribution in [-0.4, -0.2) is 14.2 Å². The molecular weight excluding hydrogens is 269 g/mol. The smallest absolute Gasteiger partial charge is 0.142 e. The number of ether oxygens (including phenoxy) is 2. The van der Waals surface area contributed by atoms with Crippen molar-refractivity contribution in [2.45, 2.75) is 19.4 Å². The van der Waals surface area contributed by atoms with Gasteiger partial charge in [0, 0.05) is 6.07 Å². The first-order valence-corrected chi connectivity index (χ1v) is 6.72. The van der Waals surface area contributed by atoms with Crippen molar-refractivity contribution in [2.24, 2.45) is 0 Å². The van der Waals surface area contributed by atoms with Crippen LogP contribution in [0.3, 0.4) is 0 Å². The van der Waals surface area contributed by atoms with Crippen molar-refractivity contribution in [2.75, 3.05) is 19.5 Å². The van der Waals surface area contributed by atoms with E-state index in [0.29, 0.717) is 11.4 Å². The van der Waals surface area contributed by atoms with Crippen LogP contribution >= 0.6 is 0 Å². The molecule has 0 aliphatic heterocycles. The second-order valence-electron chi connectivity index (χ2n) is 5.32. The third-order valence-electron chi connectivity index (χ3n) is 3.42. The van der Waals surface area contributed by atoms with Gasteiger partial charge in [0.15, 0.2) is 0 Å². The minimum absolute atomic E-state index is 0.302. The van der Waals surface area contributed by atoms with Crippen LogP contribution in [0.5, 0.6) is 11.5 Å². The molecule has 0 atom stereocenters. The van der Waals surface area contributed by atoms with Crippen LogP contribution in [0.1, 0.15) is 19.4 Å². The molecule has 0 fully saturated rings. The standard InChI is InChI=1S/C17H20FNO2/c1-17(2,12-5-8-14(20-3)9-6-12)19-15-11-13(18)7-10-16(15)21-4/h5-11,19H,1-4H3. The minimum atomic E-state index is -0.382. The molecule has 0 aliphatic rings. The molecule has 1 N–H and O–H groups in total. The first-order valence-electron chi connectivity index (χ1n) is 6.72. The molecule has 112 valence electrons. The van der Waals surface area contributed by atoms with Gasteiger partial charge in [-0.2, -0.15) is 0 Å². The summed E-state index contributed by atoms with van der Waals surface area (Å²) in [6.45, 7) is 4.05. The molecule has 0 bridgehead atoms.